The molecule has 0 saturated carbocycles. The van der Waals surface area contributed by atoms with Crippen LogP contribution in [0.5, 0.6) is 0 Å². The molecule has 1 saturated heterocycles. The minimum atomic E-state index is 0.0577. The molecule has 3 atom stereocenters. The van der Waals surface area contributed by atoms with Crippen LogP contribution < -0.4 is 0 Å². The summed E-state index contributed by atoms with van der Waals surface area (Å²) in [5.41, 5.74) is 2.47. The molecule has 23 heavy (non-hydrogen) atoms. The summed E-state index contributed by atoms with van der Waals surface area (Å²) in [6.07, 6.45) is 0.604. The van der Waals surface area contributed by atoms with E-state index in [1.54, 1.807) is 0 Å². The van der Waals surface area contributed by atoms with E-state index in [1.807, 2.05) is 12.1 Å². The van der Waals surface area contributed by atoms with Gasteiger partial charge in [0.1, 0.15) is 5.78 Å². The van der Waals surface area contributed by atoms with Gasteiger partial charge in [-0.25, -0.2) is 0 Å². The van der Waals surface area contributed by atoms with E-state index in [9.17, 15) is 4.79 Å². The van der Waals surface area contributed by atoms with E-state index in [1.165, 1.54) is 11.1 Å². The Kier molecular flexibility index (Phi) is 4.63. The fourth-order valence-corrected chi connectivity index (χ4v) is 3.95. The monoisotopic (exact) mass is 307 g/mol. The Bertz CT molecular complexity index is 650. The third kappa shape index (κ3) is 3.09. The second kappa shape index (κ2) is 6.67. The lowest BCUT2D eigenvalue weighted by molar-refractivity contribution is -0.133. The van der Waals surface area contributed by atoms with Gasteiger partial charge in [0.05, 0.1) is 0 Å². The van der Waals surface area contributed by atoms with E-state index in [0.717, 1.165) is 0 Å². The molecular formula is C21H25NO. The van der Waals surface area contributed by atoms with E-state index in [-0.39, 0.29) is 18.0 Å². The lowest BCUT2D eigenvalue weighted by Crippen LogP contribution is -2.45. The number of benzene rings is 2. The first-order valence-corrected chi connectivity index (χ1v) is 8.44. The number of likely N-dealkylation sites (tertiary alicyclic amines) is 1. The fourth-order valence-electron chi connectivity index (χ4n) is 3.95. The van der Waals surface area contributed by atoms with Gasteiger partial charge in [0.15, 0.2) is 0 Å². The number of rotatable bonds is 3. The lowest BCUT2D eigenvalue weighted by Gasteiger charge is -2.45. The van der Waals surface area contributed by atoms with Crippen LogP contribution in [0.25, 0.3) is 0 Å². The van der Waals surface area contributed by atoms with Crippen molar-refractivity contribution in [3.05, 3.63) is 71.8 Å². The summed E-state index contributed by atoms with van der Waals surface area (Å²) in [4.78, 5) is 15.3. The summed E-state index contributed by atoms with van der Waals surface area (Å²) in [6, 6.07) is 21.2. The van der Waals surface area contributed by atoms with Crippen LogP contribution in [-0.2, 0) is 4.79 Å². The molecule has 120 valence electrons. The van der Waals surface area contributed by atoms with Crippen molar-refractivity contribution in [3.8, 4) is 0 Å². The van der Waals surface area contributed by atoms with Gasteiger partial charge in [-0.05, 0) is 24.1 Å². The molecule has 0 bridgehead atoms. The van der Waals surface area contributed by atoms with E-state index in [4.69, 9.17) is 0 Å². The predicted molar refractivity (Wildman–Crippen MR) is 94.1 cm³/mol. The highest BCUT2D eigenvalue weighted by Gasteiger charge is 2.42. The molecule has 2 aromatic carbocycles. The highest BCUT2D eigenvalue weighted by Crippen LogP contribution is 2.44. The zero-order valence-corrected chi connectivity index (χ0v) is 14.1. The van der Waals surface area contributed by atoms with Gasteiger partial charge in [0.25, 0.3) is 0 Å². The molecule has 0 radical (unpaired) electrons. The molecule has 1 fully saturated rings. The number of piperidine rings is 1. The van der Waals surface area contributed by atoms with Crippen LogP contribution in [-0.4, -0.2) is 17.7 Å². The Hall–Kier alpha value is -1.93. The van der Waals surface area contributed by atoms with Gasteiger partial charge in [-0.3, -0.25) is 9.69 Å². The minimum Gasteiger partial charge on any atom is -0.299 e. The molecular weight excluding hydrogens is 282 g/mol. The average Bonchev–Trinajstić information content (AvgIpc) is 2.57. The van der Waals surface area contributed by atoms with Crippen LogP contribution in [0.4, 0.5) is 0 Å². The SMILES string of the molecule is CC(C)[C@@H]1C(=O)C[C@@H](c2ccccc2)N(C)[C@H]1c1ccccc1. The summed E-state index contributed by atoms with van der Waals surface area (Å²) < 4.78 is 0. The molecule has 2 aromatic rings. The van der Waals surface area contributed by atoms with Gasteiger partial charge >= 0.3 is 0 Å². The number of carbonyl (C=O) groups excluding carboxylic acids is 1. The van der Waals surface area contributed by atoms with Crippen molar-refractivity contribution in [1.82, 2.24) is 4.90 Å². The molecule has 0 aliphatic carbocycles. The summed E-state index contributed by atoms with van der Waals surface area (Å²) in [6.45, 7) is 4.32. The molecule has 1 aliphatic rings. The molecule has 3 rings (SSSR count). The molecule has 1 aliphatic heterocycles. The quantitative estimate of drug-likeness (QED) is 0.823. The number of nitrogens with zero attached hydrogens (tertiary/aromatic N) is 1. The van der Waals surface area contributed by atoms with Crippen LogP contribution in [0, 0.1) is 11.8 Å². The predicted octanol–water partition coefficient (Wildman–Crippen LogP) is 4.65. The summed E-state index contributed by atoms with van der Waals surface area (Å²) in [7, 11) is 2.16. The third-order valence-corrected chi connectivity index (χ3v) is 5.08. The van der Waals surface area contributed by atoms with Gasteiger partial charge in [-0.15, -0.1) is 0 Å². The van der Waals surface area contributed by atoms with Crippen molar-refractivity contribution in [2.75, 3.05) is 7.05 Å². The molecule has 0 N–H and O–H groups in total. The van der Waals surface area contributed by atoms with Crippen molar-refractivity contribution >= 4 is 5.78 Å². The second-order valence-corrected chi connectivity index (χ2v) is 6.89. The number of hydrogen-bond donors (Lipinski definition) is 0. The van der Waals surface area contributed by atoms with Crippen LogP contribution in [0.2, 0.25) is 0 Å². The van der Waals surface area contributed by atoms with Crippen molar-refractivity contribution < 1.29 is 4.79 Å². The maximum atomic E-state index is 12.9. The second-order valence-electron chi connectivity index (χ2n) is 6.89. The Balaban J connectivity index is 2.02. The van der Waals surface area contributed by atoms with Gasteiger partial charge in [0.2, 0.25) is 0 Å². The Morgan fingerprint density at radius 2 is 1.43 bits per heavy atom. The maximum absolute atomic E-state index is 12.9. The maximum Gasteiger partial charge on any atom is 0.140 e. The van der Waals surface area contributed by atoms with Gasteiger partial charge < -0.3 is 0 Å². The molecule has 0 unspecified atom stereocenters. The smallest absolute Gasteiger partial charge is 0.140 e. The van der Waals surface area contributed by atoms with E-state index in [2.05, 4.69) is 74.3 Å². The highest BCUT2D eigenvalue weighted by atomic mass is 16.1. The van der Waals surface area contributed by atoms with Gasteiger partial charge in [-0.2, -0.15) is 0 Å². The summed E-state index contributed by atoms with van der Waals surface area (Å²) >= 11 is 0. The van der Waals surface area contributed by atoms with Crippen LogP contribution in [0.15, 0.2) is 60.7 Å². The van der Waals surface area contributed by atoms with Crippen molar-refractivity contribution in [2.24, 2.45) is 11.8 Å². The molecule has 2 heteroatoms. The van der Waals surface area contributed by atoms with E-state index >= 15 is 0 Å². The molecule has 1 heterocycles. The zero-order chi connectivity index (χ0) is 16.4. The van der Waals surface area contributed by atoms with Crippen LogP contribution >= 0.6 is 0 Å². The fraction of sp³-hybridized carbons (Fsp3) is 0.381. The lowest BCUT2D eigenvalue weighted by atomic mass is 9.74. The molecule has 0 aromatic heterocycles. The first-order valence-electron chi connectivity index (χ1n) is 8.44. The molecule has 0 amide bonds. The van der Waals surface area contributed by atoms with Crippen LogP contribution in [0.1, 0.15) is 43.5 Å². The number of hydrogen-bond acceptors (Lipinski definition) is 2. The summed E-state index contributed by atoms with van der Waals surface area (Å²) in [5, 5.41) is 0. The normalized spacial score (nSPS) is 25.7. The van der Waals surface area contributed by atoms with Crippen molar-refractivity contribution in [3.63, 3.8) is 0 Å². The third-order valence-electron chi connectivity index (χ3n) is 5.08. The first kappa shape index (κ1) is 15.9. The van der Waals surface area contributed by atoms with Crippen LogP contribution in [0.3, 0.4) is 0 Å². The number of ketones is 1. The topological polar surface area (TPSA) is 20.3 Å². The van der Waals surface area contributed by atoms with Crippen molar-refractivity contribution in [1.29, 1.82) is 0 Å². The Morgan fingerprint density at radius 3 is 1.96 bits per heavy atom. The van der Waals surface area contributed by atoms with Gasteiger partial charge in [0, 0.05) is 24.4 Å². The van der Waals surface area contributed by atoms with Crippen molar-refractivity contribution in [2.45, 2.75) is 32.4 Å². The average molecular weight is 307 g/mol. The number of Topliss-reactive ketones (excluding diaryl/α,β-unsaturated/α-hetero) is 1. The Morgan fingerprint density at radius 1 is 0.913 bits per heavy atom. The van der Waals surface area contributed by atoms with E-state index < -0.39 is 0 Å². The zero-order valence-electron chi connectivity index (χ0n) is 14.1. The highest BCUT2D eigenvalue weighted by molar-refractivity contribution is 5.84. The first-order chi connectivity index (χ1) is 11.1. The standard InChI is InChI=1S/C21H25NO/c1-15(2)20-19(23)14-18(16-10-6-4-7-11-16)22(3)21(20)17-12-8-5-9-13-17/h4-13,15,18,20-21H,14H2,1-3H3/t18-,20+,21-/m0/s1. The Labute approximate surface area is 139 Å². The van der Waals surface area contributed by atoms with E-state index in [0.29, 0.717) is 18.1 Å². The molecule has 0 spiro atoms. The minimum absolute atomic E-state index is 0.0577. The summed E-state index contributed by atoms with van der Waals surface area (Å²) in [5.74, 6) is 0.787. The van der Waals surface area contributed by atoms with Gasteiger partial charge in [-0.1, -0.05) is 74.5 Å². The number of carbonyl (C=O) groups is 1. The largest absolute Gasteiger partial charge is 0.299 e. The molecule has 2 nitrogen and oxygen atoms in total.